The topological polar surface area (TPSA) is 74.2 Å². The standard InChI is InChI=1S/C22H24O6S/c1-22(2)25-13-16(28-22)18-17(23)19(26-20(24)14-9-5-3-6-10-14)21(27-18)29-15-11-7-4-8-12-15/h3-12,16-19,21,23H,13H2,1-2H3/t16-,17?,18+,19?,21+/m1/s1. The van der Waals surface area contributed by atoms with Crippen molar-refractivity contribution in [3.63, 3.8) is 0 Å². The number of aliphatic hydroxyl groups excluding tert-OH is 1. The van der Waals surface area contributed by atoms with Crippen LogP contribution in [0.1, 0.15) is 24.2 Å². The van der Waals surface area contributed by atoms with E-state index in [2.05, 4.69) is 0 Å². The molecular weight excluding hydrogens is 392 g/mol. The molecule has 0 saturated carbocycles. The quantitative estimate of drug-likeness (QED) is 0.750. The number of carbonyl (C=O) groups excluding carboxylic acids is 1. The molecule has 2 aromatic rings. The Hall–Kier alpha value is -1.90. The Balaban J connectivity index is 1.54. The fourth-order valence-electron chi connectivity index (χ4n) is 3.46. The van der Waals surface area contributed by atoms with E-state index < -0.39 is 41.6 Å². The van der Waals surface area contributed by atoms with Crippen LogP contribution in [0.5, 0.6) is 0 Å². The predicted molar refractivity (Wildman–Crippen MR) is 108 cm³/mol. The highest BCUT2D eigenvalue weighted by molar-refractivity contribution is 7.99. The smallest absolute Gasteiger partial charge is 0.338 e. The third kappa shape index (κ3) is 4.65. The molecule has 0 aliphatic carbocycles. The van der Waals surface area contributed by atoms with Crippen LogP contribution in [0.3, 0.4) is 0 Å². The summed E-state index contributed by atoms with van der Waals surface area (Å²) < 4.78 is 23.3. The Kier molecular flexibility index (Phi) is 5.94. The number of rotatable bonds is 5. The monoisotopic (exact) mass is 416 g/mol. The van der Waals surface area contributed by atoms with E-state index in [0.717, 1.165) is 4.90 Å². The van der Waals surface area contributed by atoms with E-state index in [0.29, 0.717) is 12.2 Å². The molecule has 0 radical (unpaired) electrons. The van der Waals surface area contributed by atoms with Gasteiger partial charge in [-0.2, -0.15) is 0 Å². The van der Waals surface area contributed by atoms with E-state index in [-0.39, 0.29) is 0 Å². The van der Waals surface area contributed by atoms with Gasteiger partial charge in [-0.15, -0.1) is 0 Å². The predicted octanol–water partition coefficient (Wildman–Crippen LogP) is 3.24. The molecule has 0 aromatic heterocycles. The zero-order valence-corrected chi connectivity index (χ0v) is 17.1. The number of thioether (sulfide) groups is 1. The fraction of sp³-hybridized carbons (Fsp3) is 0.409. The summed E-state index contributed by atoms with van der Waals surface area (Å²) in [4.78, 5) is 13.6. The molecule has 2 aliphatic heterocycles. The highest BCUT2D eigenvalue weighted by Crippen LogP contribution is 2.39. The molecule has 4 rings (SSSR count). The lowest BCUT2D eigenvalue weighted by molar-refractivity contribution is -0.159. The van der Waals surface area contributed by atoms with E-state index >= 15 is 0 Å². The van der Waals surface area contributed by atoms with Gasteiger partial charge in [0.05, 0.1) is 12.2 Å². The molecular formula is C22H24O6S. The molecule has 2 aromatic carbocycles. The molecule has 7 heteroatoms. The number of hydrogen-bond acceptors (Lipinski definition) is 7. The van der Waals surface area contributed by atoms with E-state index in [1.165, 1.54) is 11.8 Å². The van der Waals surface area contributed by atoms with Crippen molar-refractivity contribution >= 4 is 17.7 Å². The highest BCUT2D eigenvalue weighted by Gasteiger charge is 2.53. The van der Waals surface area contributed by atoms with Crippen LogP contribution >= 0.6 is 11.8 Å². The summed E-state index contributed by atoms with van der Waals surface area (Å²) >= 11 is 1.41. The number of carbonyl (C=O) groups is 1. The molecule has 2 unspecified atom stereocenters. The Morgan fingerprint density at radius 1 is 1.10 bits per heavy atom. The van der Waals surface area contributed by atoms with Crippen molar-refractivity contribution in [1.29, 1.82) is 0 Å². The first-order valence-corrected chi connectivity index (χ1v) is 10.4. The summed E-state index contributed by atoms with van der Waals surface area (Å²) in [5, 5.41) is 11.0. The number of ether oxygens (including phenoxy) is 4. The normalized spacial score (nSPS) is 30.9. The van der Waals surface area contributed by atoms with Crippen LogP contribution in [0.2, 0.25) is 0 Å². The summed E-state index contributed by atoms with van der Waals surface area (Å²) in [5.74, 6) is -1.24. The minimum absolute atomic E-state index is 0.302. The zero-order chi connectivity index (χ0) is 20.4. The van der Waals surface area contributed by atoms with Gasteiger partial charge < -0.3 is 24.1 Å². The summed E-state index contributed by atoms with van der Waals surface area (Å²) in [7, 11) is 0. The second kappa shape index (κ2) is 8.45. The molecule has 0 amide bonds. The van der Waals surface area contributed by atoms with E-state index in [1.807, 2.05) is 50.2 Å². The Bertz CT molecular complexity index is 828. The maximum absolute atomic E-state index is 12.6. The lowest BCUT2D eigenvalue weighted by atomic mass is 10.1. The molecule has 2 fully saturated rings. The van der Waals surface area contributed by atoms with Gasteiger partial charge in [0.25, 0.3) is 0 Å². The Morgan fingerprint density at radius 2 is 1.76 bits per heavy atom. The average molecular weight is 416 g/mol. The molecule has 0 spiro atoms. The lowest BCUT2D eigenvalue weighted by Gasteiger charge is -2.23. The van der Waals surface area contributed by atoms with Crippen LogP contribution in [0, 0.1) is 0 Å². The molecule has 1 N–H and O–H groups in total. The van der Waals surface area contributed by atoms with Gasteiger partial charge in [0.2, 0.25) is 0 Å². The number of hydrogen-bond donors (Lipinski definition) is 1. The van der Waals surface area contributed by atoms with Gasteiger partial charge in [-0.05, 0) is 38.1 Å². The second-order valence-electron chi connectivity index (χ2n) is 7.49. The van der Waals surface area contributed by atoms with Crippen molar-refractivity contribution in [2.75, 3.05) is 6.61 Å². The third-order valence-electron chi connectivity index (χ3n) is 4.88. The average Bonchev–Trinajstić information content (AvgIpc) is 3.23. The summed E-state index contributed by atoms with van der Waals surface area (Å²) in [6, 6.07) is 18.4. The Morgan fingerprint density at radius 3 is 2.38 bits per heavy atom. The van der Waals surface area contributed by atoms with Crippen molar-refractivity contribution in [2.45, 2.75) is 54.4 Å². The van der Waals surface area contributed by atoms with Gasteiger partial charge >= 0.3 is 5.97 Å². The van der Waals surface area contributed by atoms with Gasteiger partial charge in [0.1, 0.15) is 23.7 Å². The molecule has 5 atom stereocenters. The van der Waals surface area contributed by atoms with Gasteiger partial charge in [-0.25, -0.2) is 4.79 Å². The van der Waals surface area contributed by atoms with Gasteiger partial charge in [-0.1, -0.05) is 48.2 Å². The van der Waals surface area contributed by atoms with Crippen LogP contribution in [-0.4, -0.2) is 53.3 Å². The van der Waals surface area contributed by atoms with Gasteiger partial charge in [0.15, 0.2) is 11.9 Å². The maximum atomic E-state index is 12.6. The van der Waals surface area contributed by atoms with Crippen LogP contribution in [0.4, 0.5) is 0 Å². The first-order valence-electron chi connectivity index (χ1n) is 9.56. The lowest BCUT2D eigenvalue weighted by Crippen LogP contribution is -2.42. The van der Waals surface area contributed by atoms with Gasteiger partial charge in [0, 0.05) is 4.90 Å². The van der Waals surface area contributed by atoms with Crippen molar-refractivity contribution < 1.29 is 28.8 Å². The summed E-state index contributed by atoms with van der Waals surface area (Å²) in [5.41, 5.74) is -0.148. The largest absolute Gasteiger partial charge is 0.452 e. The minimum atomic E-state index is -1.04. The molecule has 2 saturated heterocycles. The molecule has 6 nitrogen and oxygen atoms in total. The van der Waals surface area contributed by atoms with Crippen molar-refractivity contribution in [2.24, 2.45) is 0 Å². The third-order valence-corrected chi connectivity index (χ3v) is 6.03. The van der Waals surface area contributed by atoms with Crippen molar-refractivity contribution in [3.8, 4) is 0 Å². The summed E-state index contributed by atoms with van der Waals surface area (Å²) in [6.07, 6.45) is -2.98. The number of esters is 1. The zero-order valence-electron chi connectivity index (χ0n) is 16.3. The number of aliphatic hydroxyl groups is 1. The highest BCUT2D eigenvalue weighted by atomic mass is 32.2. The van der Waals surface area contributed by atoms with Crippen molar-refractivity contribution in [3.05, 3.63) is 66.2 Å². The molecule has 2 heterocycles. The minimum Gasteiger partial charge on any atom is -0.452 e. The first kappa shape index (κ1) is 20.4. The maximum Gasteiger partial charge on any atom is 0.338 e. The molecule has 154 valence electrons. The SMILES string of the molecule is CC1(C)OC[C@H]([C@@H]2O[C@@H](Sc3ccccc3)C(OC(=O)c3ccccc3)C2O)O1. The van der Waals surface area contributed by atoms with Crippen molar-refractivity contribution in [1.82, 2.24) is 0 Å². The fourth-order valence-corrected chi connectivity index (χ4v) is 4.58. The number of benzene rings is 2. The first-order chi connectivity index (χ1) is 13.9. The second-order valence-corrected chi connectivity index (χ2v) is 8.67. The van der Waals surface area contributed by atoms with E-state index in [9.17, 15) is 9.90 Å². The van der Waals surface area contributed by atoms with E-state index in [4.69, 9.17) is 18.9 Å². The van der Waals surface area contributed by atoms with Crippen LogP contribution < -0.4 is 0 Å². The van der Waals surface area contributed by atoms with E-state index in [1.54, 1.807) is 24.3 Å². The van der Waals surface area contributed by atoms with Crippen LogP contribution in [-0.2, 0) is 18.9 Å². The molecule has 2 aliphatic rings. The van der Waals surface area contributed by atoms with Crippen LogP contribution in [0.15, 0.2) is 65.6 Å². The Labute approximate surface area is 174 Å². The van der Waals surface area contributed by atoms with Crippen LogP contribution in [0.25, 0.3) is 0 Å². The molecule has 29 heavy (non-hydrogen) atoms. The molecule has 0 bridgehead atoms. The summed E-state index contributed by atoms with van der Waals surface area (Å²) in [6.45, 7) is 3.94. The van der Waals surface area contributed by atoms with Gasteiger partial charge in [-0.3, -0.25) is 0 Å².